The molecule has 0 unspecified atom stereocenters. The Morgan fingerprint density at radius 1 is 1.03 bits per heavy atom. The molecule has 164 valence electrons. The summed E-state index contributed by atoms with van der Waals surface area (Å²) in [5, 5.41) is 13.2. The number of aliphatic hydroxyl groups excluding tert-OH is 1. The molecule has 0 bridgehead atoms. The van der Waals surface area contributed by atoms with E-state index in [1.54, 1.807) is 18.2 Å². The van der Waals surface area contributed by atoms with Crippen LogP contribution in [0.2, 0.25) is 0 Å². The first-order valence-corrected chi connectivity index (χ1v) is 9.84. The summed E-state index contributed by atoms with van der Waals surface area (Å²) in [5.41, 5.74) is 2.54. The zero-order valence-corrected chi connectivity index (χ0v) is 17.2. The summed E-state index contributed by atoms with van der Waals surface area (Å²) in [5.74, 6) is -0.887. The van der Waals surface area contributed by atoms with Gasteiger partial charge in [-0.15, -0.1) is 0 Å². The molecule has 1 amide bonds. The minimum Gasteiger partial charge on any atom is -0.484 e. The number of carbonyl (C=O) groups excluding carboxylic acids is 2. The van der Waals surface area contributed by atoms with Crippen LogP contribution in [-0.2, 0) is 14.3 Å². The van der Waals surface area contributed by atoms with Crippen LogP contribution in [-0.4, -0.2) is 53.3 Å². The third kappa shape index (κ3) is 4.33. The van der Waals surface area contributed by atoms with Crippen LogP contribution in [0.1, 0.15) is 0 Å². The normalized spacial score (nSPS) is 11.9. The Labute approximate surface area is 182 Å². The standard InChI is InChI=1S/C23H21N3O6/c1-31-23(30)20(11-27)25-21(28)12-32-15-6-7-18-14(8-15)10-19(24-18)16-9-13-4-2-3-5-17(13)26-22(16)29/h2-10,20,24,27H,11-12H2,1H3,(H,25,28)(H,26,29)/t20-/m1/s1. The second kappa shape index (κ2) is 8.94. The lowest BCUT2D eigenvalue weighted by atomic mass is 10.1. The Bertz CT molecular complexity index is 1360. The largest absolute Gasteiger partial charge is 0.484 e. The van der Waals surface area contributed by atoms with E-state index in [0.29, 0.717) is 17.0 Å². The molecule has 0 saturated carbocycles. The van der Waals surface area contributed by atoms with Gasteiger partial charge in [0, 0.05) is 16.4 Å². The van der Waals surface area contributed by atoms with Gasteiger partial charge < -0.3 is 29.9 Å². The first-order chi connectivity index (χ1) is 15.5. The van der Waals surface area contributed by atoms with Crippen molar-refractivity contribution < 1.29 is 24.2 Å². The summed E-state index contributed by atoms with van der Waals surface area (Å²) in [7, 11) is 1.17. The van der Waals surface area contributed by atoms with Crippen LogP contribution in [0.15, 0.2) is 59.4 Å². The number of aromatic amines is 2. The van der Waals surface area contributed by atoms with Crippen molar-refractivity contribution in [1.82, 2.24) is 15.3 Å². The highest BCUT2D eigenvalue weighted by atomic mass is 16.5. The van der Waals surface area contributed by atoms with Crippen molar-refractivity contribution in [3.05, 3.63) is 65.0 Å². The first-order valence-electron chi connectivity index (χ1n) is 9.84. The number of pyridine rings is 1. The number of ether oxygens (including phenoxy) is 2. The summed E-state index contributed by atoms with van der Waals surface area (Å²) in [6.45, 7) is -0.926. The van der Waals surface area contributed by atoms with Crippen LogP contribution in [0.3, 0.4) is 0 Å². The van der Waals surface area contributed by atoms with Gasteiger partial charge in [-0.1, -0.05) is 18.2 Å². The topological polar surface area (TPSA) is 134 Å². The SMILES string of the molecule is COC(=O)[C@@H](CO)NC(=O)COc1ccc2[nH]c(-c3cc4ccccc4[nH]c3=O)cc2c1. The van der Waals surface area contributed by atoms with E-state index in [9.17, 15) is 14.4 Å². The van der Waals surface area contributed by atoms with Gasteiger partial charge in [0.25, 0.3) is 11.5 Å². The molecule has 9 heteroatoms. The summed E-state index contributed by atoms with van der Waals surface area (Å²) in [6.07, 6.45) is 0. The van der Waals surface area contributed by atoms with E-state index in [2.05, 4.69) is 20.0 Å². The smallest absolute Gasteiger partial charge is 0.330 e. The maximum atomic E-state index is 12.5. The molecule has 9 nitrogen and oxygen atoms in total. The summed E-state index contributed by atoms with van der Waals surface area (Å²) < 4.78 is 10.0. The van der Waals surface area contributed by atoms with E-state index in [1.165, 1.54) is 7.11 Å². The second-order valence-electron chi connectivity index (χ2n) is 7.15. The number of aromatic nitrogens is 2. The lowest BCUT2D eigenvalue weighted by molar-refractivity contribution is -0.146. The van der Waals surface area contributed by atoms with Crippen molar-refractivity contribution >= 4 is 33.7 Å². The Balaban J connectivity index is 1.51. The Hall–Kier alpha value is -4.11. The molecule has 0 aliphatic carbocycles. The molecule has 2 heterocycles. The quantitative estimate of drug-likeness (QED) is 0.327. The number of amides is 1. The van der Waals surface area contributed by atoms with Gasteiger partial charge in [0.05, 0.1) is 25.0 Å². The van der Waals surface area contributed by atoms with Gasteiger partial charge in [0.15, 0.2) is 12.6 Å². The number of hydrogen-bond acceptors (Lipinski definition) is 6. The molecule has 0 aliphatic rings. The average molecular weight is 435 g/mol. The highest BCUT2D eigenvalue weighted by Crippen LogP contribution is 2.26. The lowest BCUT2D eigenvalue weighted by Gasteiger charge is -2.14. The average Bonchev–Trinajstić information content (AvgIpc) is 3.23. The van der Waals surface area contributed by atoms with E-state index in [0.717, 1.165) is 21.8 Å². The van der Waals surface area contributed by atoms with E-state index in [4.69, 9.17) is 9.84 Å². The summed E-state index contributed by atoms with van der Waals surface area (Å²) in [6, 6.07) is 15.3. The maximum absolute atomic E-state index is 12.5. The molecule has 4 aromatic rings. The lowest BCUT2D eigenvalue weighted by Crippen LogP contribution is -2.45. The predicted molar refractivity (Wildman–Crippen MR) is 118 cm³/mol. The second-order valence-corrected chi connectivity index (χ2v) is 7.15. The van der Waals surface area contributed by atoms with Crippen molar-refractivity contribution in [3.8, 4) is 17.0 Å². The summed E-state index contributed by atoms with van der Waals surface area (Å²) in [4.78, 5) is 42.1. The fourth-order valence-corrected chi connectivity index (χ4v) is 3.40. The number of para-hydroxylation sites is 1. The number of aliphatic hydroxyl groups is 1. The molecule has 2 aromatic carbocycles. The van der Waals surface area contributed by atoms with Crippen LogP contribution < -0.4 is 15.6 Å². The minimum atomic E-state index is -1.15. The molecule has 0 spiro atoms. The minimum absolute atomic E-state index is 0.201. The van der Waals surface area contributed by atoms with E-state index >= 15 is 0 Å². The third-order valence-electron chi connectivity index (χ3n) is 5.01. The number of hydrogen-bond donors (Lipinski definition) is 4. The molecule has 2 aromatic heterocycles. The first kappa shape index (κ1) is 21.1. The van der Waals surface area contributed by atoms with Gasteiger partial charge >= 0.3 is 5.97 Å². The van der Waals surface area contributed by atoms with Crippen LogP contribution in [0.5, 0.6) is 5.75 Å². The number of esters is 1. The number of fused-ring (bicyclic) bond motifs is 2. The van der Waals surface area contributed by atoms with Gasteiger partial charge in [0.2, 0.25) is 0 Å². The van der Waals surface area contributed by atoms with Crippen molar-refractivity contribution in [1.29, 1.82) is 0 Å². The Morgan fingerprint density at radius 2 is 1.81 bits per heavy atom. The summed E-state index contributed by atoms with van der Waals surface area (Å²) >= 11 is 0. The zero-order valence-electron chi connectivity index (χ0n) is 17.2. The van der Waals surface area contributed by atoms with Gasteiger partial charge in [-0.3, -0.25) is 9.59 Å². The van der Waals surface area contributed by atoms with Crippen molar-refractivity contribution in [2.45, 2.75) is 6.04 Å². The molecule has 0 aliphatic heterocycles. The van der Waals surface area contributed by atoms with Gasteiger partial charge in [-0.2, -0.15) is 0 Å². The van der Waals surface area contributed by atoms with Crippen LogP contribution in [0.25, 0.3) is 33.1 Å². The fraction of sp³-hybridized carbons (Fsp3) is 0.174. The number of nitrogens with one attached hydrogen (secondary N) is 3. The molecule has 4 rings (SSSR count). The number of rotatable bonds is 7. The molecule has 0 saturated heterocycles. The number of methoxy groups -OCH3 is 1. The van der Waals surface area contributed by atoms with Crippen molar-refractivity contribution in [3.63, 3.8) is 0 Å². The molecular formula is C23H21N3O6. The maximum Gasteiger partial charge on any atom is 0.330 e. The molecule has 0 radical (unpaired) electrons. The number of carbonyl (C=O) groups is 2. The Kier molecular flexibility index (Phi) is 5.91. The highest BCUT2D eigenvalue weighted by Gasteiger charge is 2.20. The van der Waals surface area contributed by atoms with Gasteiger partial charge in [-0.25, -0.2) is 4.79 Å². The Morgan fingerprint density at radius 3 is 2.59 bits per heavy atom. The van der Waals surface area contributed by atoms with Gasteiger partial charge in [0.1, 0.15) is 5.75 Å². The van der Waals surface area contributed by atoms with E-state index < -0.39 is 24.5 Å². The van der Waals surface area contributed by atoms with Gasteiger partial charge in [-0.05, 0) is 41.8 Å². The molecular weight excluding hydrogens is 414 g/mol. The predicted octanol–water partition coefficient (Wildman–Crippen LogP) is 1.71. The highest BCUT2D eigenvalue weighted by molar-refractivity contribution is 5.89. The van der Waals surface area contributed by atoms with Crippen LogP contribution in [0, 0.1) is 0 Å². The van der Waals surface area contributed by atoms with Crippen LogP contribution >= 0.6 is 0 Å². The third-order valence-corrected chi connectivity index (χ3v) is 5.01. The van der Waals surface area contributed by atoms with Crippen LogP contribution in [0.4, 0.5) is 0 Å². The molecule has 1 atom stereocenters. The van der Waals surface area contributed by atoms with Crippen molar-refractivity contribution in [2.75, 3.05) is 20.3 Å². The monoisotopic (exact) mass is 435 g/mol. The fourth-order valence-electron chi connectivity index (χ4n) is 3.40. The number of benzene rings is 2. The van der Waals surface area contributed by atoms with E-state index in [1.807, 2.05) is 36.4 Å². The molecule has 32 heavy (non-hydrogen) atoms. The van der Waals surface area contributed by atoms with E-state index in [-0.39, 0.29) is 12.2 Å². The molecule has 0 fully saturated rings. The molecule has 4 N–H and O–H groups in total. The van der Waals surface area contributed by atoms with Crippen molar-refractivity contribution in [2.24, 2.45) is 0 Å². The number of H-pyrrole nitrogens is 2. The zero-order chi connectivity index (χ0) is 22.7.